The number of nitrogens with zero attached hydrogens (tertiary/aromatic N) is 1. The summed E-state index contributed by atoms with van der Waals surface area (Å²) in [5.41, 5.74) is -0.259. The zero-order chi connectivity index (χ0) is 11.5. The average molecular weight is 249 g/mol. The molecule has 0 atom stereocenters. The molecule has 1 aromatic heterocycles. The van der Waals surface area contributed by atoms with Crippen LogP contribution >= 0.6 is 23.2 Å². The molecule has 0 radical (unpaired) electrons. The molecule has 0 unspecified atom stereocenters. The summed E-state index contributed by atoms with van der Waals surface area (Å²) in [5.74, 6) is 0.617. The van der Waals surface area contributed by atoms with E-state index in [1.54, 1.807) is 19.4 Å². The van der Waals surface area contributed by atoms with Gasteiger partial charge in [0.25, 0.3) is 0 Å². The number of pyridine rings is 1. The van der Waals surface area contributed by atoms with E-state index in [-0.39, 0.29) is 5.60 Å². The second-order valence-corrected chi connectivity index (χ2v) is 4.64. The average Bonchev–Trinajstić information content (AvgIpc) is 2.16. The molecule has 5 heteroatoms. The predicted octanol–water partition coefficient (Wildman–Crippen LogP) is 3.23. The summed E-state index contributed by atoms with van der Waals surface area (Å²) >= 11 is 11.7. The number of methoxy groups -OCH3 is 1. The van der Waals surface area contributed by atoms with Crippen LogP contribution in [-0.2, 0) is 4.74 Å². The molecule has 0 aliphatic rings. The zero-order valence-electron chi connectivity index (χ0n) is 8.97. The zero-order valence-corrected chi connectivity index (χ0v) is 10.5. The minimum absolute atomic E-state index is 0.259. The van der Waals surface area contributed by atoms with Gasteiger partial charge in [0.05, 0.1) is 15.6 Å². The molecule has 0 aromatic carbocycles. The molecule has 0 amide bonds. The van der Waals surface area contributed by atoms with Crippen LogP contribution in [0.5, 0.6) is 0 Å². The first-order valence-corrected chi connectivity index (χ1v) is 5.30. The lowest BCUT2D eigenvalue weighted by atomic mass is 10.1. The number of hydrogen-bond donors (Lipinski definition) is 1. The predicted molar refractivity (Wildman–Crippen MR) is 63.8 cm³/mol. The quantitative estimate of drug-likeness (QED) is 0.889. The lowest BCUT2D eigenvalue weighted by molar-refractivity contribution is 0.0343. The Kier molecular flexibility index (Phi) is 4.20. The van der Waals surface area contributed by atoms with Gasteiger partial charge in [-0.3, -0.25) is 0 Å². The van der Waals surface area contributed by atoms with Gasteiger partial charge in [0.1, 0.15) is 5.82 Å². The Morgan fingerprint density at radius 3 is 2.67 bits per heavy atom. The van der Waals surface area contributed by atoms with Crippen molar-refractivity contribution in [3.8, 4) is 0 Å². The normalized spacial score (nSPS) is 11.5. The Balaban J connectivity index is 2.66. The maximum Gasteiger partial charge on any atom is 0.144 e. The SMILES string of the molecule is COC(C)(C)CNc1ncc(Cl)cc1Cl. The van der Waals surface area contributed by atoms with E-state index in [1.165, 1.54) is 0 Å². The molecule has 0 saturated carbocycles. The molecule has 0 aliphatic heterocycles. The number of halogens is 2. The molecule has 84 valence electrons. The molecule has 1 heterocycles. The van der Waals surface area contributed by atoms with Crippen molar-refractivity contribution in [3.63, 3.8) is 0 Å². The van der Waals surface area contributed by atoms with E-state index < -0.39 is 0 Å². The monoisotopic (exact) mass is 248 g/mol. The van der Waals surface area contributed by atoms with Crippen LogP contribution in [0.3, 0.4) is 0 Å². The molecule has 0 spiro atoms. The third-order valence-corrected chi connectivity index (χ3v) is 2.54. The van der Waals surface area contributed by atoms with Crippen molar-refractivity contribution >= 4 is 29.0 Å². The summed E-state index contributed by atoms with van der Waals surface area (Å²) < 4.78 is 5.26. The van der Waals surface area contributed by atoms with Crippen LogP contribution in [0, 0.1) is 0 Å². The summed E-state index contributed by atoms with van der Waals surface area (Å²) in [6.07, 6.45) is 1.55. The van der Waals surface area contributed by atoms with Crippen molar-refractivity contribution in [3.05, 3.63) is 22.3 Å². The number of rotatable bonds is 4. The van der Waals surface area contributed by atoms with Crippen LogP contribution in [0.4, 0.5) is 5.82 Å². The topological polar surface area (TPSA) is 34.1 Å². The van der Waals surface area contributed by atoms with E-state index >= 15 is 0 Å². The second kappa shape index (κ2) is 5.01. The third kappa shape index (κ3) is 3.86. The first-order valence-electron chi connectivity index (χ1n) is 4.55. The summed E-state index contributed by atoms with van der Waals surface area (Å²) in [4.78, 5) is 4.08. The van der Waals surface area contributed by atoms with Crippen molar-refractivity contribution < 1.29 is 4.74 Å². The lowest BCUT2D eigenvalue weighted by Gasteiger charge is -2.23. The molecular weight excluding hydrogens is 235 g/mol. The van der Waals surface area contributed by atoms with E-state index in [9.17, 15) is 0 Å². The highest BCUT2D eigenvalue weighted by Crippen LogP contribution is 2.23. The minimum Gasteiger partial charge on any atom is -0.377 e. The minimum atomic E-state index is -0.259. The third-order valence-electron chi connectivity index (χ3n) is 2.04. The van der Waals surface area contributed by atoms with Crippen molar-refractivity contribution in [2.45, 2.75) is 19.4 Å². The van der Waals surface area contributed by atoms with Crippen LogP contribution in [0.1, 0.15) is 13.8 Å². The number of anilines is 1. The fraction of sp³-hybridized carbons (Fsp3) is 0.500. The summed E-state index contributed by atoms with van der Waals surface area (Å²) in [6, 6.07) is 1.65. The van der Waals surface area contributed by atoms with Crippen molar-refractivity contribution in [2.24, 2.45) is 0 Å². The van der Waals surface area contributed by atoms with E-state index in [4.69, 9.17) is 27.9 Å². The molecule has 3 nitrogen and oxygen atoms in total. The van der Waals surface area contributed by atoms with E-state index in [2.05, 4.69) is 10.3 Å². The fourth-order valence-corrected chi connectivity index (χ4v) is 1.36. The van der Waals surface area contributed by atoms with Crippen molar-refractivity contribution in [1.29, 1.82) is 0 Å². The van der Waals surface area contributed by atoms with Crippen LogP contribution < -0.4 is 5.32 Å². The van der Waals surface area contributed by atoms with Crippen LogP contribution in [0.15, 0.2) is 12.3 Å². The largest absolute Gasteiger partial charge is 0.377 e. The van der Waals surface area contributed by atoms with Gasteiger partial charge >= 0.3 is 0 Å². The summed E-state index contributed by atoms with van der Waals surface area (Å²) in [5, 5.41) is 4.14. The standard InChI is InChI=1S/C10H14Cl2N2O/c1-10(2,15-3)6-14-9-8(12)4-7(11)5-13-9/h4-5H,6H2,1-3H3,(H,13,14). The maximum absolute atomic E-state index is 5.95. The molecule has 0 aliphatic carbocycles. The van der Waals surface area contributed by atoms with Gasteiger partial charge in [0.2, 0.25) is 0 Å². The smallest absolute Gasteiger partial charge is 0.144 e. The van der Waals surface area contributed by atoms with Gasteiger partial charge in [-0.2, -0.15) is 0 Å². The molecule has 0 saturated heterocycles. The summed E-state index contributed by atoms with van der Waals surface area (Å²) in [6.45, 7) is 4.57. The molecule has 1 N–H and O–H groups in total. The van der Waals surface area contributed by atoms with Gasteiger partial charge in [-0.05, 0) is 19.9 Å². The molecule has 15 heavy (non-hydrogen) atoms. The number of ether oxygens (including phenoxy) is 1. The fourth-order valence-electron chi connectivity index (χ4n) is 0.913. The Bertz CT molecular complexity index is 342. The molecule has 0 fully saturated rings. The highest BCUT2D eigenvalue weighted by Gasteiger charge is 2.16. The summed E-state index contributed by atoms with van der Waals surface area (Å²) in [7, 11) is 1.67. The number of aromatic nitrogens is 1. The van der Waals surface area contributed by atoms with Gasteiger partial charge in [0.15, 0.2) is 0 Å². The van der Waals surface area contributed by atoms with Crippen molar-refractivity contribution in [1.82, 2.24) is 4.98 Å². The van der Waals surface area contributed by atoms with E-state index in [1.807, 2.05) is 13.8 Å². The first kappa shape index (κ1) is 12.6. The highest BCUT2D eigenvalue weighted by atomic mass is 35.5. The Morgan fingerprint density at radius 1 is 1.47 bits per heavy atom. The van der Waals surface area contributed by atoms with Crippen LogP contribution in [0.2, 0.25) is 10.0 Å². The lowest BCUT2D eigenvalue weighted by Crippen LogP contribution is -2.32. The number of nitrogens with one attached hydrogen (secondary N) is 1. The van der Waals surface area contributed by atoms with Gasteiger partial charge in [0, 0.05) is 19.9 Å². The Morgan fingerprint density at radius 2 is 2.13 bits per heavy atom. The van der Waals surface area contributed by atoms with Gasteiger partial charge < -0.3 is 10.1 Å². The van der Waals surface area contributed by atoms with Gasteiger partial charge in [-0.25, -0.2) is 4.98 Å². The van der Waals surface area contributed by atoms with Crippen molar-refractivity contribution in [2.75, 3.05) is 19.0 Å². The Hall–Kier alpha value is -0.510. The van der Waals surface area contributed by atoms with Gasteiger partial charge in [-0.15, -0.1) is 0 Å². The van der Waals surface area contributed by atoms with E-state index in [0.29, 0.717) is 22.4 Å². The second-order valence-electron chi connectivity index (χ2n) is 3.80. The number of hydrogen-bond acceptors (Lipinski definition) is 3. The molecular formula is C10H14Cl2N2O. The molecule has 0 bridgehead atoms. The molecule has 1 aromatic rings. The maximum atomic E-state index is 5.95. The highest BCUT2D eigenvalue weighted by molar-refractivity contribution is 6.35. The molecule has 1 rings (SSSR count). The Labute approximate surface area is 99.7 Å². The van der Waals surface area contributed by atoms with E-state index in [0.717, 1.165) is 0 Å². The van der Waals surface area contributed by atoms with Gasteiger partial charge in [-0.1, -0.05) is 23.2 Å². The first-order chi connectivity index (χ1) is 6.94. The van der Waals surface area contributed by atoms with Crippen LogP contribution in [0.25, 0.3) is 0 Å². The van der Waals surface area contributed by atoms with Crippen LogP contribution in [-0.4, -0.2) is 24.2 Å².